The molecule has 0 aromatic carbocycles. The molecule has 6 nitrogen and oxygen atoms in total. The Bertz CT molecular complexity index is 870. The molecular formula is C14H17N3O3S3. The molecule has 23 heavy (non-hydrogen) atoms. The Balaban J connectivity index is 1.75. The molecule has 0 atom stereocenters. The zero-order valence-electron chi connectivity index (χ0n) is 12.6. The minimum absolute atomic E-state index is 0.123. The number of nitrogens with zero attached hydrogens (tertiary/aromatic N) is 3. The third kappa shape index (κ3) is 3.63. The van der Waals surface area contributed by atoms with E-state index < -0.39 is 10.0 Å². The molecule has 3 rings (SSSR count). The van der Waals surface area contributed by atoms with E-state index in [9.17, 15) is 13.2 Å². The lowest BCUT2D eigenvalue weighted by Crippen LogP contribution is -2.27. The van der Waals surface area contributed by atoms with Crippen molar-refractivity contribution in [2.75, 3.05) is 13.1 Å². The predicted octanol–water partition coefficient (Wildman–Crippen LogP) is 1.60. The first kappa shape index (κ1) is 16.6. The van der Waals surface area contributed by atoms with Crippen molar-refractivity contribution < 1.29 is 13.2 Å². The lowest BCUT2D eigenvalue weighted by atomic mass is 10.3. The number of aryl methyl sites for hydroxylation is 1. The summed E-state index contributed by atoms with van der Waals surface area (Å²) in [5.41, 5.74) is 0. The maximum atomic E-state index is 12.5. The molecule has 2 aromatic heterocycles. The number of carbonyl (C=O) groups excluding carboxylic acids is 1. The Morgan fingerprint density at radius 3 is 2.70 bits per heavy atom. The largest absolute Gasteiger partial charge is 0.327 e. The summed E-state index contributed by atoms with van der Waals surface area (Å²) >= 11 is 2.55. The minimum Gasteiger partial charge on any atom is -0.327 e. The Morgan fingerprint density at radius 1 is 1.30 bits per heavy atom. The molecule has 1 aliphatic heterocycles. The third-order valence-electron chi connectivity index (χ3n) is 3.60. The van der Waals surface area contributed by atoms with Crippen molar-refractivity contribution in [3.8, 4) is 0 Å². The molecule has 2 aromatic rings. The highest BCUT2D eigenvalue weighted by Crippen LogP contribution is 2.27. The van der Waals surface area contributed by atoms with Crippen LogP contribution in [0.5, 0.6) is 0 Å². The van der Waals surface area contributed by atoms with Crippen LogP contribution in [0.2, 0.25) is 0 Å². The van der Waals surface area contributed by atoms with Crippen LogP contribution in [-0.2, 0) is 28.3 Å². The third-order valence-corrected chi connectivity index (χ3v) is 7.90. The fourth-order valence-corrected chi connectivity index (χ4v) is 6.14. The van der Waals surface area contributed by atoms with E-state index in [0.717, 1.165) is 29.1 Å². The molecule has 0 saturated carbocycles. The molecule has 1 aliphatic rings. The van der Waals surface area contributed by atoms with Crippen molar-refractivity contribution in [1.29, 1.82) is 0 Å². The number of sulfonamides is 1. The van der Waals surface area contributed by atoms with E-state index in [1.54, 1.807) is 16.7 Å². The summed E-state index contributed by atoms with van der Waals surface area (Å²) in [6, 6.07) is 3.29. The van der Waals surface area contributed by atoms with Gasteiger partial charge in [-0.15, -0.1) is 22.7 Å². The van der Waals surface area contributed by atoms with Crippen LogP contribution in [-0.4, -0.2) is 36.3 Å². The van der Waals surface area contributed by atoms with Crippen LogP contribution in [0, 0.1) is 0 Å². The van der Waals surface area contributed by atoms with Crippen LogP contribution < -0.4 is 4.80 Å². The van der Waals surface area contributed by atoms with Gasteiger partial charge in [-0.3, -0.25) is 4.79 Å². The van der Waals surface area contributed by atoms with Gasteiger partial charge in [-0.25, -0.2) is 8.42 Å². The van der Waals surface area contributed by atoms with Crippen molar-refractivity contribution >= 4 is 38.6 Å². The van der Waals surface area contributed by atoms with E-state index in [2.05, 4.69) is 4.99 Å². The Labute approximate surface area is 142 Å². The first-order chi connectivity index (χ1) is 11.0. The van der Waals surface area contributed by atoms with E-state index in [1.807, 2.05) is 18.6 Å². The maximum Gasteiger partial charge on any atom is 0.253 e. The predicted molar refractivity (Wildman–Crippen MR) is 89.9 cm³/mol. The number of carbonyl (C=O) groups is 1. The Morgan fingerprint density at radius 2 is 2.04 bits per heavy atom. The van der Waals surface area contributed by atoms with Gasteiger partial charge in [0.25, 0.3) is 15.9 Å². The lowest BCUT2D eigenvalue weighted by Gasteiger charge is -2.13. The molecule has 0 N–H and O–H groups in total. The minimum atomic E-state index is -3.40. The summed E-state index contributed by atoms with van der Waals surface area (Å²) in [5, 5.41) is 1.86. The topological polar surface area (TPSA) is 71.7 Å². The lowest BCUT2D eigenvalue weighted by molar-refractivity contribution is -0.117. The molecule has 1 fully saturated rings. The molecule has 0 aliphatic carbocycles. The summed E-state index contributed by atoms with van der Waals surface area (Å²) in [4.78, 5) is 17.4. The van der Waals surface area contributed by atoms with Gasteiger partial charge in [-0.05, 0) is 25.0 Å². The number of thiophene rings is 1. The van der Waals surface area contributed by atoms with Gasteiger partial charge in [0.05, 0.1) is 6.42 Å². The molecule has 3 heterocycles. The smallest absolute Gasteiger partial charge is 0.253 e. The van der Waals surface area contributed by atoms with Crippen LogP contribution in [0.1, 0.15) is 17.7 Å². The molecule has 0 unspecified atom stereocenters. The standard InChI is InChI=1S/C14H17N3O3S3/c1-16-8-9-21-14(16)15-12(18)10-11-4-5-13(22-11)23(19,20)17-6-2-3-7-17/h4-5,8-9H,2-3,6-7,10H2,1H3. The summed E-state index contributed by atoms with van der Waals surface area (Å²) < 4.78 is 28.5. The first-order valence-electron chi connectivity index (χ1n) is 7.23. The van der Waals surface area contributed by atoms with Gasteiger partial charge >= 0.3 is 0 Å². The molecule has 124 valence electrons. The highest BCUT2D eigenvalue weighted by molar-refractivity contribution is 7.91. The number of hydrogen-bond acceptors (Lipinski definition) is 5. The van der Waals surface area contributed by atoms with Gasteiger partial charge in [0.15, 0.2) is 4.80 Å². The van der Waals surface area contributed by atoms with Gasteiger partial charge in [-0.1, -0.05) is 0 Å². The van der Waals surface area contributed by atoms with Gasteiger partial charge < -0.3 is 4.57 Å². The number of thiazole rings is 1. The molecule has 0 radical (unpaired) electrons. The van der Waals surface area contributed by atoms with Crippen LogP contribution in [0.3, 0.4) is 0 Å². The van der Waals surface area contributed by atoms with Crippen molar-refractivity contribution in [2.45, 2.75) is 23.5 Å². The summed E-state index contributed by atoms with van der Waals surface area (Å²) in [7, 11) is -1.57. The van der Waals surface area contributed by atoms with Crippen molar-refractivity contribution in [2.24, 2.45) is 12.0 Å². The molecule has 1 saturated heterocycles. The monoisotopic (exact) mass is 371 g/mol. The second-order valence-corrected chi connectivity index (χ2v) is 9.52. The maximum absolute atomic E-state index is 12.5. The van der Waals surface area contributed by atoms with Crippen LogP contribution in [0.4, 0.5) is 0 Å². The quantitative estimate of drug-likeness (QED) is 0.820. The van der Waals surface area contributed by atoms with Gasteiger partial charge in [0, 0.05) is 36.6 Å². The van der Waals surface area contributed by atoms with Crippen molar-refractivity contribution in [3.05, 3.63) is 33.4 Å². The van der Waals surface area contributed by atoms with E-state index >= 15 is 0 Å². The average molecular weight is 372 g/mol. The van der Waals surface area contributed by atoms with Gasteiger partial charge in [-0.2, -0.15) is 9.30 Å². The Hall–Kier alpha value is -1.29. The van der Waals surface area contributed by atoms with E-state index in [4.69, 9.17) is 0 Å². The molecule has 0 bridgehead atoms. The van der Waals surface area contributed by atoms with Crippen molar-refractivity contribution in [3.63, 3.8) is 0 Å². The first-order valence-corrected chi connectivity index (χ1v) is 10.4. The van der Waals surface area contributed by atoms with Gasteiger partial charge in [0.1, 0.15) is 4.21 Å². The molecule has 0 spiro atoms. The SMILES string of the molecule is Cn1ccsc1=NC(=O)Cc1ccc(S(=O)(=O)N2CCCC2)s1. The van der Waals surface area contributed by atoms with Gasteiger partial charge in [0.2, 0.25) is 0 Å². The van der Waals surface area contributed by atoms with E-state index in [1.165, 1.54) is 15.6 Å². The van der Waals surface area contributed by atoms with Crippen LogP contribution >= 0.6 is 22.7 Å². The second kappa shape index (κ2) is 6.68. The number of rotatable bonds is 4. The van der Waals surface area contributed by atoms with Crippen LogP contribution in [0.15, 0.2) is 32.9 Å². The fraction of sp³-hybridized carbons (Fsp3) is 0.429. The van der Waals surface area contributed by atoms with E-state index in [0.29, 0.717) is 22.1 Å². The average Bonchev–Trinajstić information content (AvgIpc) is 3.22. The molecule has 1 amide bonds. The summed E-state index contributed by atoms with van der Waals surface area (Å²) in [5.74, 6) is -0.268. The number of aromatic nitrogens is 1. The number of hydrogen-bond donors (Lipinski definition) is 0. The highest BCUT2D eigenvalue weighted by atomic mass is 32.2. The molecular weight excluding hydrogens is 354 g/mol. The summed E-state index contributed by atoms with van der Waals surface area (Å²) in [6.45, 7) is 1.16. The number of amides is 1. The Kier molecular flexibility index (Phi) is 4.81. The molecule has 9 heteroatoms. The normalized spacial score (nSPS) is 17.0. The van der Waals surface area contributed by atoms with E-state index in [-0.39, 0.29) is 12.3 Å². The second-order valence-electron chi connectivity index (χ2n) is 5.31. The zero-order valence-corrected chi connectivity index (χ0v) is 15.1. The van der Waals surface area contributed by atoms with Crippen LogP contribution in [0.25, 0.3) is 0 Å². The van der Waals surface area contributed by atoms with Crippen molar-refractivity contribution in [1.82, 2.24) is 8.87 Å². The fourth-order valence-electron chi connectivity index (χ4n) is 2.38. The zero-order chi connectivity index (χ0) is 16.4. The summed E-state index contributed by atoms with van der Waals surface area (Å²) in [6.07, 6.45) is 3.78. The highest BCUT2D eigenvalue weighted by Gasteiger charge is 2.28.